The van der Waals surface area contributed by atoms with Crippen LogP contribution in [0, 0.1) is 5.82 Å². The van der Waals surface area contributed by atoms with Gasteiger partial charge in [0.25, 0.3) is 0 Å². The lowest BCUT2D eigenvalue weighted by Crippen LogP contribution is -2.45. The molecule has 6 heteroatoms. The Kier molecular flexibility index (Phi) is 3.50. The first-order chi connectivity index (χ1) is 9.02. The van der Waals surface area contributed by atoms with Gasteiger partial charge in [-0.25, -0.2) is 14.0 Å². The van der Waals surface area contributed by atoms with Crippen LogP contribution in [-0.2, 0) is 9.53 Å². The van der Waals surface area contributed by atoms with Crippen LogP contribution in [0.25, 0.3) is 0 Å². The number of hydrogen-bond donors (Lipinski definition) is 2. The number of amides is 2. The maximum atomic E-state index is 12.9. The van der Waals surface area contributed by atoms with Crippen molar-refractivity contribution in [2.45, 2.75) is 13.0 Å². The van der Waals surface area contributed by atoms with Crippen molar-refractivity contribution < 1.29 is 18.7 Å². The molecule has 1 heterocycles. The number of benzene rings is 1. The minimum Gasteiger partial charge on any atom is -0.466 e. The zero-order valence-corrected chi connectivity index (χ0v) is 10.5. The van der Waals surface area contributed by atoms with E-state index < -0.39 is 18.0 Å². The summed E-state index contributed by atoms with van der Waals surface area (Å²) >= 11 is 0. The molecule has 2 rings (SSSR count). The number of hydrogen-bond acceptors (Lipinski definition) is 3. The first kappa shape index (κ1) is 13.1. The van der Waals surface area contributed by atoms with Crippen LogP contribution in [0.4, 0.5) is 9.18 Å². The van der Waals surface area contributed by atoms with Crippen molar-refractivity contribution in [3.05, 3.63) is 46.9 Å². The van der Waals surface area contributed by atoms with Crippen molar-refractivity contribution in [3.63, 3.8) is 0 Å². The number of carbonyl (C=O) groups is 2. The van der Waals surface area contributed by atoms with Crippen LogP contribution >= 0.6 is 0 Å². The Balaban J connectivity index is 2.46. The van der Waals surface area contributed by atoms with E-state index in [0.717, 1.165) is 0 Å². The molecule has 1 aromatic rings. The summed E-state index contributed by atoms with van der Waals surface area (Å²) < 4.78 is 17.6. The van der Waals surface area contributed by atoms with E-state index in [1.165, 1.54) is 31.4 Å². The molecule has 0 aliphatic carbocycles. The van der Waals surface area contributed by atoms with Crippen molar-refractivity contribution in [2.75, 3.05) is 7.11 Å². The molecule has 1 aliphatic rings. The summed E-state index contributed by atoms with van der Waals surface area (Å²) in [5.74, 6) is -0.927. The predicted octanol–water partition coefficient (Wildman–Crippen LogP) is 1.63. The summed E-state index contributed by atoms with van der Waals surface area (Å²) in [6.07, 6.45) is 0. The average Bonchev–Trinajstić information content (AvgIpc) is 2.38. The molecular weight excluding hydrogens is 251 g/mol. The fourth-order valence-corrected chi connectivity index (χ4v) is 1.98. The maximum Gasteiger partial charge on any atom is 0.337 e. The lowest BCUT2D eigenvalue weighted by molar-refractivity contribution is -0.136. The van der Waals surface area contributed by atoms with Crippen LogP contribution in [-0.4, -0.2) is 19.1 Å². The molecule has 0 aromatic heterocycles. The molecule has 2 N–H and O–H groups in total. The summed E-state index contributed by atoms with van der Waals surface area (Å²) in [5, 5.41) is 5.13. The fourth-order valence-electron chi connectivity index (χ4n) is 1.98. The van der Waals surface area contributed by atoms with Crippen LogP contribution in [0.2, 0.25) is 0 Å². The molecule has 0 saturated carbocycles. The van der Waals surface area contributed by atoms with Crippen molar-refractivity contribution in [1.82, 2.24) is 10.6 Å². The molecule has 0 fully saturated rings. The molecule has 0 saturated heterocycles. The van der Waals surface area contributed by atoms with Gasteiger partial charge in [0.15, 0.2) is 0 Å². The van der Waals surface area contributed by atoms with Gasteiger partial charge in [-0.05, 0) is 24.6 Å². The van der Waals surface area contributed by atoms with E-state index in [9.17, 15) is 14.0 Å². The number of nitrogens with one attached hydrogen (secondary N) is 2. The highest BCUT2D eigenvalue weighted by Gasteiger charge is 2.31. The van der Waals surface area contributed by atoms with Crippen LogP contribution in [0.3, 0.4) is 0 Å². The summed E-state index contributed by atoms with van der Waals surface area (Å²) in [5.41, 5.74) is 1.33. The zero-order chi connectivity index (χ0) is 14.0. The second kappa shape index (κ2) is 5.09. The Morgan fingerprint density at radius 1 is 1.32 bits per heavy atom. The Labute approximate surface area is 109 Å². The van der Waals surface area contributed by atoms with Crippen molar-refractivity contribution in [2.24, 2.45) is 0 Å². The molecule has 1 aromatic carbocycles. The van der Waals surface area contributed by atoms with E-state index in [-0.39, 0.29) is 5.82 Å². The molecule has 100 valence electrons. The molecule has 2 amide bonds. The van der Waals surface area contributed by atoms with E-state index in [1.807, 2.05) is 0 Å². The maximum absolute atomic E-state index is 12.9. The van der Waals surface area contributed by atoms with E-state index in [2.05, 4.69) is 10.6 Å². The van der Waals surface area contributed by atoms with Crippen molar-refractivity contribution >= 4 is 12.0 Å². The summed E-state index contributed by atoms with van der Waals surface area (Å²) in [6, 6.07) is 4.51. The monoisotopic (exact) mass is 264 g/mol. The van der Waals surface area contributed by atoms with Gasteiger partial charge >= 0.3 is 12.0 Å². The number of methoxy groups -OCH3 is 1. The van der Waals surface area contributed by atoms with E-state index in [4.69, 9.17) is 4.74 Å². The number of allylic oxidation sites excluding steroid dienone is 1. The fraction of sp³-hybridized carbons (Fsp3) is 0.231. The lowest BCUT2D eigenvalue weighted by atomic mass is 9.95. The molecule has 19 heavy (non-hydrogen) atoms. The molecule has 1 atom stereocenters. The highest BCUT2D eigenvalue weighted by molar-refractivity contribution is 5.94. The van der Waals surface area contributed by atoms with E-state index in [1.54, 1.807) is 6.92 Å². The molecule has 5 nitrogen and oxygen atoms in total. The van der Waals surface area contributed by atoms with Gasteiger partial charge in [-0.15, -0.1) is 0 Å². The largest absolute Gasteiger partial charge is 0.466 e. The SMILES string of the molecule is COC(=O)C1=C(C)NC(=O)N[C@H]1c1ccc(F)cc1. The summed E-state index contributed by atoms with van der Waals surface area (Å²) in [6.45, 7) is 1.61. The number of esters is 1. The van der Waals surface area contributed by atoms with Gasteiger partial charge in [0, 0.05) is 5.70 Å². The standard InChI is InChI=1S/C13H13FN2O3/c1-7-10(12(17)19-2)11(16-13(18)15-7)8-3-5-9(14)6-4-8/h3-6,11H,1-2H3,(H2,15,16,18)/t11-/m0/s1. The van der Waals surface area contributed by atoms with E-state index in [0.29, 0.717) is 16.8 Å². The highest BCUT2D eigenvalue weighted by atomic mass is 19.1. The van der Waals surface area contributed by atoms with Crippen LogP contribution in [0.5, 0.6) is 0 Å². The minimum atomic E-state index is -0.651. The normalized spacial score (nSPS) is 18.7. The van der Waals surface area contributed by atoms with Gasteiger partial charge in [0.2, 0.25) is 0 Å². The summed E-state index contributed by atoms with van der Waals surface area (Å²) in [4.78, 5) is 23.3. The third kappa shape index (κ3) is 2.57. The van der Waals surface area contributed by atoms with Gasteiger partial charge in [-0.3, -0.25) is 0 Å². The Hall–Kier alpha value is -2.37. The van der Waals surface area contributed by atoms with Gasteiger partial charge in [-0.1, -0.05) is 12.1 Å². The van der Waals surface area contributed by atoms with E-state index >= 15 is 0 Å². The molecule has 0 unspecified atom stereocenters. The van der Waals surface area contributed by atoms with Gasteiger partial charge in [0.05, 0.1) is 18.7 Å². The number of ether oxygens (including phenoxy) is 1. The van der Waals surface area contributed by atoms with Gasteiger partial charge in [-0.2, -0.15) is 0 Å². The van der Waals surface area contributed by atoms with Gasteiger partial charge < -0.3 is 15.4 Å². The second-order valence-corrected chi connectivity index (χ2v) is 4.11. The zero-order valence-electron chi connectivity index (χ0n) is 10.5. The number of urea groups is 1. The topological polar surface area (TPSA) is 67.4 Å². The summed E-state index contributed by atoms with van der Waals surface area (Å²) in [7, 11) is 1.26. The predicted molar refractivity (Wildman–Crippen MR) is 65.5 cm³/mol. The molecular formula is C13H13FN2O3. The molecule has 0 spiro atoms. The Morgan fingerprint density at radius 3 is 2.53 bits per heavy atom. The number of carbonyl (C=O) groups excluding carboxylic acids is 2. The lowest BCUT2D eigenvalue weighted by Gasteiger charge is -2.27. The van der Waals surface area contributed by atoms with Gasteiger partial charge in [0.1, 0.15) is 5.82 Å². The number of rotatable bonds is 2. The highest BCUT2D eigenvalue weighted by Crippen LogP contribution is 2.27. The smallest absolute Gasteiger partial charge is 0.337 e. The first-order valence-corrected chi connectivity index (χ1v) is 5.65. The molecule has 1 aliphatic heterocycles. The first-order valence-electron chi connectivity index (χ1n) is 5.65. The molecule has 0 radical (unpaired) electrons. The Bertz CT molecular complexity index is 552. The third-order valence-electron chi connectivity index (χ3n) is 2.88. The molecule has 0 bridgehead atoms. The quantitative estimate of drug-likeness (QED) is 0.798. The Morgan fingerprint density at radius 2 is 1.95 bits per heavy atom. The van der Waals surface area contributed by atoms with Crippen LogP contribution < -0.4 is 10.6 Å². The minimum absolute atomic E-state index is 0.300. The van der Waals surface area contributed by atoms with Crippen molar-refractivity contribution in [1.29, 1.82) is 0 Å². The average molecular weight is 264 g/mol. The van der Waals surface area contributed by atoms with Crippen LogP contribution in [0.15, 0.2) is 35.5 Å². The third-order valence-corrected chi connectivity index (χ3v) is 2.88. The van der Waals surface area contributed by atoms with Crippen LogP contribution in [0.1, 0.15) is 18.5 Å². The number of halogens is 1. The van der Waals surface area contributed by atoms with Crippen molar-refractivity contribution in [3.8, 4) is 0 Å². The second-order valence-electron chi connectivity index (χ2n) is 4.11.